The van der Waals surface area contributed by atoms with Gasteiger partial charge in [0.25, 0.3) is 0 Å². The van der Waals surface area contributed by atoms with Gasteiger partial charge in [-0.1, -0.05) is 0 Å². The van der Waals surface area contributed by atoms with E-state index in [1.54, 1.807) is 0 Å². The molecule has 1 radical (unpaired) electrons. The van der Waals surface area contributed by atoms with Crippen LogP contribution in [0.3, 0.4) is 0 Å². The topological polar surface area (TPSA) is 19.0 Å². The summed E-state index contributed by atoms with van der Waals surface area (Å²) < 4.78 is 2.17. The van der Waals surface area contributed by atoms with Crippen molar-refractivity contribution in [1.29, 1.82) is 0 Å². The van der Waals surface area contributed by atoms with Gasteiger partial charge in [0.2, 0.25) is 0 Å². The predicted molar refractivity (Wildman–Crippen MR) is 39.7 cm³/mol. The molecule has 2 heterocycles. The van der Waals surface area contributed by atoms with Crippen LogP contribution in [0.2, 0.25) is 0 Å². The molecule has 1 aliphatic rings. The monoisotopic (exact) mass is 135 g/mol. The maximum Gasteiger partial charge on any atom is 0.0990 e. The van der Waals surface area contributed by atoms with Crippen LogP contribution in [0.1, 0.15) is 19.0 Å². The molecule has 0 amide bonds. The molecular weight excluding hydrogens is 124 g/mol. The molecule has 10 heavy (non-hydrogen) atoms. The van der Waals surface area contributed by atoms with Crippen molar-refractivity contribution >= 4 is 0 Å². The minimum atomic E-state index is 0.440. The molecule has 0 bridgehead atoms. The first kappa shape index (κ1) is 5.98. The summed E-state index contributed by atoms with van der Waals surface area (Å²) in [4.78, 5) is 0. The number of hydrogen-bond donors (Lipinski definition) is 0. The van der Waals surface area contributed by atoms with Gasteiger partial charge in [-0.25, -0.2) is 5.32 Å². The SMILES string of the molecule is c1ccn(C2CCC[N]2)c1. The normalized spacial score (nSPS) is 25.4. The quantitative estimate of drug-likeness (QED) is 0.554. The largest absolute Gasteiger partial charge is 0.337 e. The Kier molecular flexibility index (Phi) is 1.47. The van der Waals surface area contributed by atoms with Gasteiger partial charge in [-0.05, 0) is 25.0 Å². The van der Waals surface area contributed by atoms with Gasteiger partial charge in [0.15, 0.2) is 0 Å². The summed E-state index contributed by atoms with van der Waals surface area (Å²) in [6.07, 6.45) is 7.08. The van der Waals surface area contributed by atoms with Crippen LogP contribution in [0, 0.1) is 0 Å². The van der Waals surface area contributed by atoms with Crippen molar-refractivity contribution in [2.45, 2.75) is 19.0 Å². The average Bonchev–Trinajstić information content (AvgIpc) is 2.59. The highest BCUT2D eigenvalue weighted by Gasteiger charge is 2.15. The number of aromatic nitrogens is 1. The molecule has 0 N–H and O–H groups in total. The van der Waals surface area contributed by atoms with Crippen LogP contribution in [0.15, 0.2) is 24.5 Å². The van der Waals surface area contributed by atoms with Crippen LogP contribution in [0.5, 0.6) is 0 Å². The van der Waals surface area contributed by atoms with Crippen molar-refractivity contribution in [2.24, 2.45) is 0 Å². The second kappa shape index (κ2) is 2.46. The average molecular weight is 135 g/mol. The van der Waals surface area contributed by atoms with E-state index in [1.165, 1.54) is 12.8 Å². The summed E-state index contributed by atoms with van der Waals surface area (Å²) in [7, 11) is 0. The molecule has 0 aliphatic carbocycles. The second-order valence-corrected chi connectivity index (χ2v) is 2.66. The molecule has 0 aromatic carbocycles. The second-order valence-electron chi connectivity index (χ2n) is 2.66. The minimum absolute atomic E-state index is 0.440. The lowest BCUT2D eigenvalue weighted by atomic mass is 10.3. The Morgan fingerprint density at radius 1 is 1.30 bits per heavy atom. The van der Waals surface area contributed by atoms with Crippen LogP contribution in [0.25, 0.3) is 0 Å². The maximum atomic E-state index is 4.44. The van der Waals surface area contributed by atoms with Gasteiger partial charge in [-0.3, -0.25) is 0 Å². The first-order valence-corrected chi connectivity index (χ1v) is 3.76. The molecule has 2 nitrogen and oxygen atoms in total. The summed E-state index contributed by atoms with van der Waals surface area (Å²) in [5.74, 6) is 0. The summed E-state index contributed by atoms with van der Waals surface area (Å²) in [6.45, 7) is 1.04. The molecule has 1 aromatic heterocycles. The summed E-state index contributed by atoms with van der Waals surface area (Å²) in [6, 6.07) is 4.10. The zero-order valence-electron chi connectivity index (χ0n) is 5.90. The highest BCUT2D eigenvalue weighted by Crippen LogP contribution is 2.17. The molecular formula is C8H11N2. The first-order valence-electron chi connectivity index (χ1n) is 3.76. The van der Waals surface area contributed by atoms with E-state index in [-0.39, 0.29) is 0 Å². The molecule has 1 aromatic rings. The summed E-state index contributed by atoms with van der Waals surface area (Å²) >= 11 is 0. The number of hydrogen-bond acceptors (Lipinski definition) is 0. The lowest BCUT2D eigenvalue weighted by Gasteiger charge is -2.09. The Morgan fingerprint density at radius 3 is 2.70 bits per heavy atom. The van der Waals surface area contributed by atoms with Crippen molar-refractivity contribution in [1.82, 2.24) is 9.88 Å². The first-order chi connectivity index (χ1) is 4.97. The third-order valence-electron chi connectivity index (χ3n) is 1.93. The van der Waals surface area contributed by atoms with Crippen LogP contribution in [0.4, 0.5) is 0 Å². The molecule has 1 aliphatic heterocycles. The van der Waals surface area contributed by atoms with Crippen molar-refractivity contribution in [2.75, 3.05) is 6.54 Å². The van der Waals surface area contributed by atoms with Gasteiger partial charge < -0.3 is 4.57 Å². The fraction of sp³-hybridized carbons (Fsp3) is 0.500. The minimum Gasteiger partial charge on any atom is -0.337 e. The highest BCUT2D eigenvalue weighted by molar-refractivity contribution is 4.93. The van der Waals surface area contributed by atoms with Gasteiger partial charge in [-0.15, -0.1) is 0 Å². The molecule has 1 fully saturated rings. The molecule has 0 saturated carbocycles. The summed E-state index contributed by atoms with van der Waals surface area (Å²) in [5.41, 5.74) is 0. The Bertz CT molecular complexity index is 185. The summed E-state index contributed by atoms with van der Waals surface area (Å²) in [5, 5.41) is 4.44. The zero-order valence-corrected chi connectivity index (χ0v) is 5.90. The Morgan fingerprint density at radius 2 is 2.10 bits per heavy atom. The van der Waals surface area contributed by atoms with E-state index in [1.807, 2.05) is 12.1 Å². The van der Waals surface area contributed by atoms with Crippen molar-refractivity contribution < 1.29 is 0 Å². The molecule has 0 spiro atoms. The Labute approximate surface area is 60.9 Å². The van der Waals surface area contributed by atoms with Crippen LogP contribution >= 0.6 is 0 Å². The fourth-order valence-electron chi connectivity index (χ4n) is 1.40. The molecule has 1 saturated heterocycles. The van der Waals surface area contributed by atoms with Crippen LogP contribution in [-0.2, 0) is 0 Å². The van der Waals surface area contributed by atoms with Gasteiger partial charge in [-0.2, -0.15) is 0 Å². The lowest BCUT2D eigenvalue weighted by Crippen LogP contribution is -2.11. The Balaban J connectivity index is 2.12. The molecule has 1 atom stereocenters. The van der Waals surface area contributed by atoms with Crippen LogP contribution < -0.4 is 5.32 Å². The molecule has 2 rings (SSSR count). The van der Waals surface area contributed by atoms with Gasteiger partial charge >= 0.3 is 0 Å². The molecule has 53 valence electrons. The molecule has 1 unspecified atom stereocenters. The molecule has 2 heteroatoms. The van der Waals surface area contributed by atoms with E-state index in [2.05, 4.69) is 22.3 Å². The van der Waals surface area contributed by atoms with E-state index in [0.717, 1.165) is 6.54 Å². The van der Waals surface area contributed by atoms with Gasteiger partial charge in [0.1, 0.15) is 0 Å². The lowest BCUT2D eigenvalue weighted by molar-refractivity contribution is 0.463. The fourth-order valence-corrected chi connectivity index (χ4v) is 1.40. The van der Waals surface area contributed by atoms with Crippen molar-refractivity contribution in [3.8, 4) is 0 Å². The number of rotatable bonds is 1. The number of nitrogens with zero attached hydrogens (tertiary/aromatic N) is 2. The van der Waals surface area contributed by atoms with E-state index in [4.69, 9.17) is 0 Å². The van der Waals surface area contributed by atoms with Crippen LogP contribution in [-0.4, -0.2) is 11.1 Å². The van der Waals surface area contributed by atoms with Crippen molar-refractivity contribution in [3.63, 3.8) is 0 Å². The standard InChI is InChI=1S/C8H11N2/c1-2-7-10(6-1)8-4-3-5-9-8/h1-2,6-8H,3-5H2. The zero-order chi connectivity index (χ0) is 6.81. The van der Waals surface area contributed by atoms with E-state index in [9.17, 15) is 0 Å². The Hall–Kier alpha value is -0.760. The third-order valence-corrected chi connectivity index (χ3v) is 1.93. The van der Waals surface area contributed by atoms with E-state index in [0.29, 0.717) is 6.17 Å². The maximum absolute atomic E-state index is 4.44. The van der Waals surface area contributed by atoms with Gasteiger partial charge in [0.05, 0.1) is 6.17 Å². The van der Waals surface area contributed by atoms with Crippen molar-refractivity contribution in [3.05, 3.63) is 24.5 Å². The van der Waals surface area contributed by atoms with E-state index >= 15 is 0 Å². The highest BCUT2D eigenvalue weighted by atomic mass is 15.2. The predicted octanol–water partition coefficient (Wildman–Crippen LogP) is 1.38. The third kappa shape index (κ3) is 0.948. The smallest absolute Gasteiger partial charge is 0.0990 e. The van der Waals surface area contributed by atoms with E-state index < -0.39 is 0 Å². The van der Waals surface area contributed by atoms with Gasteiger partial charge in [0, 0.05) is 18.9 Å².